The van der Waals surface area contributed by atoms with Crippen LogP contribution in [0, 0.1) is 0 Å². The second-order valence-corrected chi connectivity index (χ2v) is 11.0. The van der Waals surface area contributed by atoms with Crippen LogP contribution in [0.5, 0.6) is 0 Å². The summed E-state index contributed by atoms with van der Waals surface area (Å²) in [7, 11) is 0. The Bertz CT molecular complexity index is 1660. The lowest BCUT2D eigenvalue weighted by Crippen LogP contribution is -2.08. The van der Waals surface area contributed by atoms with Crippen LogP contribution in [0.25, 0.3) is 49.3 Å². The van der Waals surface area contributed by atoms with Gasteiger partial charge in [-0.2, -0.15) is 0 Å². The highest BCUT2D eigenvalue weighted by Crippen LogP contribution is 2.41. The number of hydrogen-bond acceptors (Lipinski definition) is 2. The summed E-state index contributed by atoms with van der Waals surface area (Å²) < 4.78 is 3.71. The Morgan fingerprint density at radius 2 is 1.39 bits per heavy atom. The van der Waals surface area contributed by atoms with Gasteiger partial charge < -0.3 is 0 Å². The van der Waals surface area contributed by atoms with Gasteiger partial charge in [0, 0.05) is 21.0 Å². The number of para-hydroxylation sites is 3. The Balaban J connectivity index is 1.68. The van der Waals surface area contributed by atoms with Crippen molar-refractivity contribution in [3.05, 3.63) is 108 Å². The molecule has 0 saturated heterocycles. The van der Waals surface area contributed by atoms with Crippen LogP contribution < -0.4 is 0 Å². The zero-order valence-electron chi connectivity index (χ0n) is 21.2. The molecule has 36 heavy (non-hydrogen) atoms. The number of thiophene rings is 1. The quantitative estimate of drug-likeness (QED) is 0.237. The zero-order chi connectivity index (χ0) is 24.8. The Kier molecular flexibility index (Phi) is 5.73. The number of aromatic nitrogens is 2. The van der Waals surface area contributed by atoms with Crippen LogP contribution in [0.1, 0.15) is 50.7 Å². The van der Waals surface area contributed by atoms with Gasteiger partial charge in [0.1, 0.15) is 5.82 Å². The van der Waals surface area contributed by atoms with E-state index in [1.54, 1.807) is 11.3 Å². The molecule has 0 aliphatic rings. The summed E-state index contributed by atoms with van der Waals surface area (Å²) in [6.07, 6.45) is 0. The fourth-order valence-electron chi connectivity index (χ4n) is 5.22. The van der Waals surface area contributed by atoms with Crippen LogP contribution in [0.15, 0.2) is 96.4 Å². The molecule has 0 aliphatic heterocycles. The first-order chi connectivity index (χ1) is 17.5. The minimum Gasteiger partial charge on any atom is -0.292 e. The monoisotopic (exact) mass is 486 g/mol. The van der Waals surface area contributed by atoms with Crippen LogP contribution in [0.3, 0.4) is 0 Å². The maximum Gasteiger partial charge on any atom is 0.147 e. The van der Waals surface area contributed by atoms with Gasteiger partial charge in [-0.05, 0) is 58.4 Å². The summed E-state index contributed by atoms with van der Waals surface area (Å²) in [4.78, 5) is 5.25. The van der Waals surface area contributed by atoms with Crippen molar-refractivity contribution in [2.24, 2.45) is 0 Å². The average Bonchev–Trinajstić information content (AvgIpc) is 3.49. The van der Waals surface area contributed by atoms with Crippen molar-refractivity contribution in [2.75, 3.05) is 0 Å². The summed E-state index contributed by atoms with van der Waals surface area (Å²) in [5.41, 5.74) is 9.83. The number of nitrogens with zero attached hydrogens (tertiary/aromatic N) is 2. The van der Waals surface area contributed by atoms with Gasteiger partial charge in [0.25, 0.3) is 0 Å². The third kappa shape index (κ3) is 3.75. The summed E-state index contributed by atoms with van der Waals surface area (Å²) in [5.74, 6) is 1.82. The van der Waals surface area contributed by atoms with Gasteiger partial charge in [-0.1, -0.05) is 94.4 Å². The van der Waals surface area contributed by atoms with Gasteiger partial charge in [-0.25, -0.2) is 4.98 Å². The van der Waals surface area contributed by atoms with Crippen molar-refractivity contribution in [2.45, 2.75) is 39.5 Å². The first-order valence-corrected chi connectivity index (χ1v) is 13.6. The van der Waals surface area contributed by atoms with E-state index in [0.717, 1.165) is 16.9 Å². The smallest absolute Gasteiger partial charge is 0.147 e. The molecule has 178 valence electrons. The molecule has 0 unspecified atom stereocenters. The van der Waals surface area contributed by atoms with Crippen molar-refractivity contribution < 1.29 is 0 Å². The highest BCUT2D eigenvalue weighted by molar-refractivity contribution is 7.17. The predicted molar refractivity (Wildman–Crippen MR) is 156 cm³/mol. The van der Waals surface area contributed by atoms with E-state index in [-0.39, 0.29) is 0 Å². The van der Waals surface area contributed by atoms with E-state index in [9.17, 15) is 0 Å². The number of hydrogen-bond donors (Lipinski definition) is 0. The number of imidazole rings is 1. The van der Waals surface area contributed by atoms with Gasteiger partial charge in [-0.15, -0.1) is 11.3 Å². The van der Waals surface area contributed by atoms with Crippen molar-refractivity contribution in [1.29, 1.82) is 0 Å². The first kappa shape index (κ1) is 22.8. The maximum atomic E-state index is 5.25. The summed E-state index contributed by atoms with van der Waals surface area (Å²) >= 11 is 1.79. The summed E-state index contributed by atoms with van der Waals surface area (Å²) in [6.45, 7) is 9.14. The van der Waals surface area contributed by atoms with E-state index in [4.69, 9.17) is 4.98 Å². The van der Waals surface area contributed by atoms with E-state index in [2.05, 4.69) is 129 Å². The topological polar surface area (TPSA) is 17.8 Å². The lowest BCUT2D eigenvalue weighted by atomic mass is 9.92. The van der Waals surface area contributed by atoms with Crippen LogP contribution in [-0.2, 0) is 0 Å². The highest BCUT2D eigenvalue weighted by Gasteiger charge is 2.23. The molecule has 2 heterocycles. The van der Waals surface area contributed by atoms with E-state index in [1.807, 2.05) is 0 Å². The van der Waals surface area contributed by atoms with Gasteiger partial charge in [0.2, 0.25) is 0 Å². The third-order valence-corrected chi connectivity index (χ3v) is 8.01. The van der Waals surface area contributed by atoms with Gasteiger partial charge in [0.05, 0.1) is 16.7 Å². The minimum absolute atomic E-state index is 0.400. The molecule has 0 atom stereocenters. The molecule has 0 aliphatic carbocycles. The second kappa shape index (κ2) is 9.07. The van der Waals surface area contributed by atoms with E-state index in [1.165, 1.54) is 43.6 Å². The average molecular weight is 487 g/mol. The van der Waals surface area contributed by atoms with Crippen molar-refractivity contribution in [3.63, 3.8) is 0 Å². The molecule has 0 bridgehead atoms. The van der Waals surface area contributed by atoms with Crippen LogP contribution in [0.2, 0.25) is 0 Å². The SMILES string of the molecule is CC(C)c1cccc(C(C)C)c1-n1c(-c2csc3ccc(-c4ccccc4)cc23)nc2ccccc21. The lowest BCUT2D eigenvalue weighted by molar-refractivity contribution is 0.811. The Morgan fingerprint density at radius 1 is 0.694 bits per heavy atom. The van der Waals surface area contributed by atoms with E-state index in [0.29, 0.717) is 11.8 Å². The maximum absolute atomic E-state index is 5.25. The van der Waals surface area contributed by atoms with Crippen molar-refractivity contribution in [1.82, 2.24) is 9.55 Å². The van der Waals surface area contributed by atoms with Crippen LogP contribution >= 0.6 is 11.3 Å². The Hall–Kier alpha value is -3.69. The summed E-state index contributed by atoms with van der Waals surface area (Å²) in [5, 5.41) is 3.54. The van der Waals surface area contributed by atoms with E-state index < -0.39 is 0 Å². The van der Waals surface area contributed by atoms with Gasteiger partial charge in [0.15, 0.2) is 0 Å². The Morgan fingerprint density at radius 3 is 2.11 bits per heavy atom. The normalized spacial score (nSPS) is 11.8. The Labute approximate surface area is 216 Å². The third-order valence-electron chi connectivity index (χ3n) is 7.05. The molecular formula is C33H30N2S. The number of benzene rings is 4. The fourth-order valence-corrected chi connectivity index (χ4v) is 6.14. The fraction of sp³-hybridized carbons (Fsp3) is 0.182. The summed E-state index contributed by atoms with van der Waals surface area (Å²) in [6, 6.07) is 32.7. The second-order valence-electron chi connectivity index (χ2n) is 10.1. The number of fused-ring (bicyclic) bond motifs is 2. The lowest BCUT2D eigenvalue weighted by Gasteiger charge is -2.22. The molecule has 6 aromatic rings. The molecule has 3 heteroatoms. The zero-order valence-corrected chi connectivity index (χ0v) is 22.0. The van der Waals surface area contributed by atoms with E-state index >= 15 is 0 Å². The molecule has 0 radical (unpaired) electrons. The highest BCUT2D eigenvalue weighted by atomic mass is 32.1. The molecule has 0 saturated carbocycles. The molecule has 4 aromatic carbocycles. The molecule has 2 aromatic heterocycles. The van der Waals surface area contributed by atoms with Crippen molar-refractivity contribution >= 4 is 32.5 Å². The molecule has 0 amide bonds. The van der Waals surface area contributed by atoms with Gasteiger partial charge >= 0.3 is 0 Å². The minimum atomic E-state index is 0.400. The predicted octanol–water partition coefficient (Wildman–Crippen LogP) is 9.82. The standard InChI is InChI=1S/C33H30N2S/c1-21(2)25-13-10-14-26(22(3)4)32(25)35-30-16-9-8-15-29(30)34-33(35)28-20-36-31-18-17-24(19-27(28)31)23-11-6-5-7-12-23/h5-22H,1-4H3. The van der Waals surface area contributed by atoms with Crippen LogP contribution in [0.4, 0.5) is 0 Å². The molecular weight excluding hydrogens is 456 g/mol. The van der Waals surface area contributed by atoms with Gasteiger partial charge in [-0.3, -0.25) is 4.57 Å². The molecule has 6 rings (SSSR count). The molecule has 2 nitrogen and oxygen atoms in total. The largest absolute Gasteiger partial charge is 0.292 e. The van der Waals surface area contributed by atoms with Crippen LogP contribution in [-0.4, -0.2) is 9.55 Å². The molecule has 0 fully saturated rings. The first-order valence-electron chi connectivity index (χ1n) is 12.7. The number of rotatable bonds is 5. The van der Waals surface area contributed by atoms with Crippen molar-refractivity contribution in [3.8, 4) is 28.2 Å². The molecule has 0 spiro atoms. The molecule has 0 N–H and O–H groups in total.